The Balaban J connectivity index is 3.21. The second kappa shape index (κ2) is 8.83. The molecule has 26 heavy (non-hydrogen) atoms. The van der Waals surface area contributed by atoms with Crippen molar-refractivity contribution in [1.29, 1.82) is 0 Å². The third kappa shape index (κ3) is 6.34. The highest BCUT2D eigenvalue weighted by Gasteiger charge is 2.45. The molecule has 150 valence electrons. The zero-order chi connectivity index (χ0) is 20.2. The maximum Gasteiger partial charge on any atom is 0.316 e. The van der Waals surface area contributed by atoms with Crippen LogP contribution in [0.4, 0.5) is 0 Å². The summed E-state index contributed by atoms with van der Waals surface area (Å²) in [5.74, 6) is -1.17. The van der Waals surface area contributed by atoms with Gasteiger partial charge in [0.25, 0.3) is 0 Å². The summed E-state index contributed by atoms with van der Waals surface area (Å²) in [7, 11) is -0.683. The Kier molecular flexibility index (Phi) is 7.84. The molecule has 0 aromatic rings. The van der Waals surface area contributed by atoms with Gasteiger partial charge < -0.3 is 9.16 Å². The van der Waals surface area contributed by atoms with Crippen LogP contribution in [0.2, 0.25) is 18.1 Å². The van der Waals surface area contributed by atoms with Gasteiger partial charge in [0, 0.05) is 6.42 Å². The highest BCUT2D eigenvalue weighted by atomic mass is 28.4. The first-order chi connectivity index (χ1) is 11.8. The smallest absolute Gasteiger partial charge is 0.316 e. The molecule has 1 aliphatic rings. The molecule has 2 unspecified atom stereocenters. The minimum absolute atomic E-state index is 0.0170. The molecule has 4 nitrogen and oxygen atoms in total. The zero-order valence-corrected chi connectivity index (χ0v) is 19.0. The van der Waals surface area contributed by atoms with Crippen molar-refractivity contribution >= 4 is 20.1 Å². The topological polar surface area (TPSA) is 52.6 Å². The summed E-state index contributed by atoms with van der Waals surface area (Å²) in [4.78, 5) is 25.1. The van der Waals surface area contributed by atoms with Gasteiger partial charge in [0.1, 0.15) is 11.7 Å². The fraction of sp³-hybridized carbons (Fsp3) is 0.810. The molecular weight excluding hydrogens is 344 g/mol. The van der Waals surface area contributed by atoms with Crippen LogP contribution in [0.3, 0.4) is 0 Å². The van der Waals surface area contributed by atoms with Gasteiger partial charge in [-0.2, -0.15) is 0 Å². The summed E-state index contributed by atoms with van der Waals surface area (Å²) in [6, 6.07) is 0. The van der Waals surface area contributed by atoms with Crippen molar-refractivity contribution in [2.75, 3.05) is 7.11 Å². The van der Waals surface area contributed by atoms with E-state index in [9.17, 15) is 9.59 Å². The molecule has 0 aromatic carbocycles. The zero-order valence-electron chi connectivity index (χ0n) is 18.0. The molecule has 0 saturated carbocycles. The molecular formula is C21H38O4Si. The molecule has 1 aliphatic carbocycles. The number of hydrogen-bond acceptors (Lipinski definition) is 4. The number of ketones is 1. The van der Waals surface area contributed by atoms with Crippen LogP contribution in [0.1, 0.15) is 73.1 Å². The second-order valence-electron chi connectivity index (χ2n) is 9.50. The number of esters is 1. The van der Waals surface area contributed by atoms with Crippen LogP contribution in [-0.2, 0) is 18.8 Å². The van der Waals surface area contributed by atoms with E-state index in [-0.39, 0.29) is 10.8 Å². The highest BCUT2D eigenvalue weighted by Crippen LogP contribution is 2.42. The predicted octanol–water partition coefficient (Wildman–Crippen LogP) is 5.43. The monoisotopic (exact) mass is 382 g/mol. The molecule has 0 aromatic heterocycles. The SMILES string of the molecule is COC(=O)C1CC(C)(O[Si](C)(C)C(C)(C)C)CC/C=C(/C)CCCC1=O. The highest BCUT2D eigenvalue weighted by molar-refractivity contribution is 6.74. The van der Waals surface area contributed by atoms with Gasteiger partial charge >= 0.3 is 5.97 Å². The molecule has 1 rings (SSSR count). The lowest BCUT2D eigenvalue weighted by atomic mass is 9.85. The second-order valence-corrected chi connectivity index (χ2v) is 14.2. The summed E-state index contributed by atoms with van der Waals surface area (Å²) in [5.41, 5.74) is 0.794. The van der Waals surface area contributed by atoms with E-state index in [2.05, 4.69) is 53.8 Å². The number of methoxy groups -OCH3 is 1. The number of ether oxygens (including phenoxy) is 1. The maximum absolute atomic E-state index is 12.7. The van der Waals surface area contributed by atoms with Crippen LogP contribution < -0.4 is 0 Å². The molecule has 5 heteroatoms. The molecule has 0 amide bonds. The van der Waals surface area contributed by atoms with Crippen molar-refractivity contribution in [2.24, 2.45) is 5.92 Å². The average Bonchev–Trinajstić information content (AvgIpc) is 2.51. The molecule has 0 fully saturated rings. The fourth-order valence-electron chi connectivity index (χ4n) is 3.31. The van der Waals surface area contributed by atoms with E-state index < -0.39 is 25.8 Å². The van der Waals surface area contributed by atoms with Crippen molar-refractivity contribution in [3.05, 3.63) is 11.6 Å². The van der Waals surface area contributed by atoms with Crippen molar-refractivity contribution in [3.63, 3.8) is 0 Å². The first-order valence-corrected chi connectivity index (χ1v) is 12.7. The largest absolute Gasteiger partial charge is 0.468 e. The van der Waals surface area contributed by atoms with Gasteiger partial charge in [0.05, 0.1) is 12.7 Å². The molecule has 0 heterocycles. The first kappa shape index (κ1) is 23.1. The van der Waals surface area contributed by atoms with Crippen LogP contribution in [0.5, 0.6) is 0 Å². The van der Waals surface area contributed by atoms with Crippen LogP contribution >= 0.6 is 0 Å². The lowest BCUT2D eigenvalue weighted by Gasteiger charge is -2.45. The van der Waals surface area contributed by atoms with Crippen LogP contribution in [0.25, 0.3) is 0 Å². The number of carbonyl (C=O) groups excluding carboxylic acids is 2. The van der Waals surface area contributed by atoms with Gasteiger partial charge in [-0.25, -0.2) is 0 Å². The van der Waals surface area contributed by atoms with E-state index in [0.717, 1.165) is 25.7 Å². The fourth-order valence-corrected chi connectivity index (χ4v) is 5.03. The third-order valence-corrected chi connectivity index (χ3v) is 10.6. The van der Waals surface area contributed by atoms with Gasteiger partial charge in [0.2, 0.25) is 0 Å². The van der Waals surface area contributed by atoms with Crippen molar-refractivity contribution in [2.45, 2.75) is 96.9 Å². The van der Waals surface area contributed by atoms with Crippen molar-refractivity contribution < 1.29 is 18.8 Å². The molecule has 0 spiro atoms. The molecule has 0 aliphatic heterocycles. The number of carbonyl (C=O) groups is 2. The third-order valence-electron chi connectivity index (χ3n) is 5.98. The Morgan fingerprint density at radius 3 is 2.42 bits per heavy atom. The Morgan fingerprint density at radius 1 is 1.27 bits per heavy atom. The van der Waals surface area contributed by atoms with Gasteiger partial charge in [-0.3, -0.25) is 9.59 Å². The molecule has 0 bridgehead atoms. The predicted molar refractivity (Wildman–Crippen MR) is 109 cm³/mol. The Hall–Kier alpha value is -0.943. The Morgan fingerprint density at radius 2 is 1.88 bits per heavy atom. The van der Waals surface area contributed by atoms with Gasteiger partial charge in [-0.1, -0.05) is 32.4 Å². The summed E-state index contributed by atoms with van der Waals surface area (Å²) in [6.45, 7) is 15.3. The van der Waals surface area contributed by atoms with Gasteiger partial charge in [0.15, 0.2) is 8.32 Å². The lowest BCUT2D eigenvalue weighted by Crippen LogP contribution is -2.50. The minimum atomic E-state index is -2.04. The number of rotatable bonds is 3. The van der Waals surface area contributed by atoms with E-state index in [1.165, 1.54) is 12.7 Å². The summed E-state index contributed by atoms with van der Waals surface area (Å²) in [6.07, 6.45) is 6.47. The van der Waals surface area contributed by atoms with E-state index in [4.69, 9.17) is 9.16 Å². The molecule has 0 radical (unpaired) electrons. The average molecular weight is 383 g/mol. The first-order valence-electron chi connectivity index (χ1n) is 9.78. The maximum atomic E-state index is 12.7. The number of allylic oxidation sites excluding steroid dienone is 2. The standard InChI is InChI=1S/C21H38O4Si/c1-16-11-9-13-18(22)17(19(23)24-6)15-21(5,14-10-12-16)25-26(7,8)20(2,3)4/h12,17H,9-11,13-15H2,1-8H3/b16-12-. The van der Waals surface area contributed by atoms with Gasteiger partial charge in [-0.15, -0.1) is 0 Å². The number of hydrogen-bond donors (Lipinski definition) is 0. The van der Waals surface area contributed by atoms with Crippen molar-refractivity contribution in [3.8, 4) is 0 Å². The Bertz CT molecular complexity index is 545. The van der Waals surface area contributed by atoms with E-state index >= 15 is 0 Å². The molecule has 0 N–H and O–H groups in total. The number of Topliss-reactive ketones (excluding diaryl/α,β-unsaturated/α-hetero) is 1. The lowest BCUT2D eigenvalue weighted by molar-refractivity contribution is -0.152. The molecule has 2 atom stereocenters. The summed E-state index contributed by atoms with van der Waals surface area (Å²) in [5, 5.41) is 0.0682. The Labute approximate surface area is 160 Å². The summed E-state index contributed by atoms with van der Waals surface area (Å²) >= 11 is 0. The quantitative estimate of drug-likeness (QED) is 0.283. The van der Waals surface area contributed by atoms with Gasteiger partial charge in [-0.05, 0) is 64.1 Å². The van der Waals surface area contributed by atoms with Crippen LogP contribution in [0.15, 0.2) is 11.6 Å². The summed E-state index contributed by atoms with van der Waals surface area (Å²) < 4.78 is 11.7. The van der Waals surface area contributed by atoms with E-state index in [0.29, 0.717) is 12.8 Å². The van der Waals surface area contributed by atoms with E-state index in [1.54, 1.807) is 0 Å². The van der Waals surface area contributed by atoms with Crippen LogP contribution in [0, 0.1) is 5.92 Å². The normalized spacial score (nSPS) is 28.7. The van der Waals surface area contributed by atoms with E-state index in [1.807, 2.05) is 0 Å². The van der Waals surface area contributed by atoms with Crippen molar-refractivity contribution in [1.82, 2.24) is 0 Å². The molecule has 0 saturated heterocycles. The van der Waals surface area contributed by atoms with Crippen LogP contribution in [-0.4, -0.2) is 32.8 Å². The minimum Gasteiger partial charge on any atom is -0.468 e.